The summed E-state index contributed by atoms with van der Waals surface area (Å²) >= 11 is 0. The van der Waals surface area contributed by atoms with Gasteiger partial charge < -0.3 is 14.5 Å². The topological polar surface area (TPSA) is 104 Å². The van der Waals surface area contributed by atoms with Crippen molar-refractivity contribution in [3.05, 3.63) is 47.6 Å². The fourth-order valence-electron chi connectivity index (χ4n) is 3.99. The summed E-state index contributed by atoms with van der Waals surface area (Å²) in [6, 6.07) is 6.55. The molecule has 1 aromatic heterocycles. The standard InChI is InChI=1S/C20H24FN3O5S/c21-15-4-1-5-17(11-15)30(27,28)24-8-2-3-14(13-24)18-12-19(29-22-18)20(26)23-9-6-16(25)7-10-23/h1,4-5,11-12,14,16,25H,2-3,6-10,13H2. The number of hydrogen-bond acceptors (Lipinski definition) is 6. The van der Waals surface area contributed by atoms with E-state index < -0.39 is 15.8 Å². The maximum absolute atomic E-state index is 13.5. The average molecular weight is 437 g/mol. The molecule has 4 rings (SSSR count). The van der Waals surface area contributed by atoms with E-state index in [4.69, 9.17) is 4.52 Å². The van der Waals surface area contributed by atoms with Crippen LogP contribution in [0.4, 0.5) is 4.39 Å². The molecule has 10 heteroatoms. The number of aliphatic hydroxyl groups is 1. The quantitative estimate of drug-likeness (QED) is 0.784. The Morgan fingerprint density at radius 3 is 2.67 bits per heavy atom. The molecule has 0 aliphatic carbocycles. The van der Waals surface area contributed by atoms with Gasteiger partial charge >= 0.3 is 0 Å². The number of nitrogens with zero attached hydrogens (tertiary/aromatic N) is 3. The van der Waals surface area contributed by atoms with E-state index in [0.29, 0.717) is 51.0 Å². The summed E-state index contributed by atoms with van der Waals surface area (Å²) in [6.07, 6.45) is 2.02. The first-order chi connectivity index (χ1) is 14.3. The second-order valence-corrected chi connectivity index (χ2v) is 9.74. The SMILES string of the molecule is O=C(c1cc(C2CCCN(S(=O)(=O)c3cccc(F)c3)C2)no1)N1CCC(O)CC1. The monoisotopic (exact) mass is 437 g/mol. The Morgan fingerprint density at radius 1 is 1.17 bits per heavy atom. The lowest BCUT2D eigenvalue weighted by atomic mass is 9.96. The molecule has 1 aromatic carbocycles. The summed E-state index contributed by atoms with van der Waals surface area (Å²) in [5, 5.41) is 13.6. The highest BCUT2D eigenvalue weighted by Crippen LogP contribution is 2.30. The van der Waals surface area contributed by atoms with Crippen molar-refractivity contribution in [1.29, 1.82) is 0 Å². The van der Waals surface area contributed by atoms with Crippen LogP contribution in [0.2, 0.25) is 0 Å². The van der Waals surface area contributed by atoms with E-state index in [0.717, 1.165) is 6.07 Å². The van der Waals surface area contributed by atoms with Crippen molar-refractivity contribution in [3.8, 4) is 0 Å². The Bertz CT molecular complexity index is 1020. The molecule has 0 saturated carbocycles. The molecule has 8 nitrogen and oxygen atoms in total. The maximum Gasteiger partial charge on any atom is 0.292 e. The molecule has 1 unspecified atom stereocenters. The molecule has 3 heterocycles. The molecule has 2 fully saturated rings. The molecular weight excluding hydrogens is 413 g/mol. The van der Waals surface area contributed by atoms with Crippen molar-refractivity contribution in [2.24, 2.45) is 0 Å². The number of hydrogen-bond donors (Lipinski definition) is 1. The van der Waals surface area contributed by atoms with Gasteiger partial charge in [0.15, 0.2) is 0 Å². The lowest BCUT2D eigenvalue weighted by Crippen LogP contribution is -2.40. The zero-order chi connectivity index (χ0) is 21.3. The summed E-state index contributed by atoms with van der Waals surface area (Å²) in [6.45, 7) is 1.45. The molecule has 0 radical (unpaired) electrons. The van der Waals surface area contributed by atoms with Gasteiger partial charge in [0.05, 0.1) is 16.7 Å². The highest BCUT2D eigenvalue weighted by molar-refractivity contribution is 7.89. The second-order valence-electron chi connectivity index (χ2n) is 7.80. The smallest absolute Gasteiger partial charge is 0.292 e. The van der Waals surface area contributed by atoms with E-state index in [9.17, 15) is 22.7 Å². The van der Waals surface area contributed by atoms with Crippen LogP contribution in [0.5, 0.6) is 0 Å². The fourth-order valence-corrected chi connectivity index (χ4v) is 5.54. The predicted octanol–water partition coefficient (Wildman–Crippen LogP) is 1.98. The summed E-state index contributed by atoms with van der Waals surface area (Å²) in [4.78, 5) is 14.2. The number of amides is 1. The molecule has 1 atom stereocenters. The second kappa shape index (κ2) is 8.44. The molecule has 2 aliphatic heterocycles. The number of rotatable bonds is 4. The van der Waals surface area contributed by atoms with Gasteiger partial charge in [-0.25, -0.2) is 12.8 Å². The minimum Gasteiger partial charge on any atom is -0.393 e. The van der Waals surface area contributed by atoms with Gasteiger partial charge in [0, 0.05) is 38.2 Å². The van der Waals surface area contributed by atoms with Gasteiger partial charge in [-0.1, -0.05) is 11.2 Å². The minimum absolute atomic E-state index is 0.0774. The van der Waals surface area contributed by atoms with Gasteiger partial charge in [-0.2, -0.15) is 4.31 Å². The Morgan fingerprint density at radius 2 is 1.93 bits per heavy atom. The predicted molar refractivity (Wildman–Crippen MR) is 105 cm³/mol. The van der Waals surface area contributed by atoms with Crippen LogP contribution in [0.25, 0.3) is 0 Å². The number of carbonyl (C=O) groups excluding carboxylic acids is 1. The average Bonchev–Trinajstić information content (AvgIpc) is 3.24. The first-order valence-electron chi connectivity index (χ1n) is 10.0. The molecule has 0 spiro atoms. The van der Waals surface area contributed by atoms with Gasteiger partial charge in [-0.3, -0.25) is 4.79 Å². The fraction of sp³-hybridized carbons (Fsp3) is 0.500. The highest BCUT2D eigenvalue weighted by atomic mass is 32.2. The minimum atomic E-state index is -3.82. The molecule has 2 saturated heterocycles. The zero-order valence-corrected chi connectivity index (χ0v) is 17.2. The number of piperidine rings is 2. The number of likely N-dealkylation sites (tertiary alicyclic amines) is 1. The number of carbonyl (C=O) groups is 1. The van der Waals surface area contributed by atoms with Gasteiger partial charge in [0.1, 0.15) is 5.82 Å². The molecule has 162 valence electrons. The van der Waals surface area contributed by atoms with Crippen molar-refractivity contribution >= 4 is 15.9 Å². The summed E-state index contributed by atoms with van der Waals surface area (Å²) in [5.41, 5.74) is 0.537. The Labute approximate surface area is 174 Å². The lowest BCUT2D eigenvalue weighted by Gasteiger charge is -2.31. The molecular formula is C20H24FN3O5S. The van der Waals surface area contributed by atoms with Crippen molar-refractivity contribution < 1.29 is 27.2 Å². The van der Waals surface area contributed by atoms with Crippen LogP contribution in [-0.4, -0.2) is 66.1 Å². The van der Waals surface area contributed by atoms with E-state index >= 15 is 0 Å². The zero-order valence-electron chi connectivity index (χ0n) is 16.4. The maximum atomic E-state index is 13.5. The third kappa shape index (κ3) is 4.26. The van der Waals surface area contributed by atoms with E-state index in [1.807, 2.05) is 0 Å². The summed E-state index contributed by atoms with van der Waals surface area (Å²) in [5.74, 6) is -0.975. The Kier molecular flexibility index (Phi) is 5.90. The van der Waals surface area contributed by atoms with Crippen LogP contribution in [-0.2, 0) is 10.0 Å². The van der Waals surface area contributed by atoms with Crippen LogP contribution in [0.3, 0.4) is 0 Å². The number of halogens is 1. The first-order valence-corrected chi connectivity index (χ1v) is 11.5. The first kappa shape index (κ1) is 21.0. The summed E-state index contributed by atoms with van der Waals surface area (Å²) < 4.78 is 45.9. The summed E-state index contributed by atoms with van der Waals surface area (Å²) in [7, 11) is -3.82. The molecule has 1 amide bonds. The van der Waals surface area contributed by atoms with Gasteiger partial charge in [-0.15, -0.1) is 0 Å². The largest absolute Gasteiger partial charge is 0.393 e. The molecule has 30 heavy (non-hydrogen) atoms. The number of benzene rings is 1. The lowest BCUT2D eigenvalue weighted by molar-refractivity contribution is 0.0512. The van der Waals surface area contributed by atoms with Crippen LogP contribution in [0.15, 0.2) is 39.8 Å². The molecule has 1 N–H and O–H groups in total. The number of aromatic nitrogens is 1. The molecule has 0 bridgehead atoms. The van der Waals surface area contributed by atoms with Crippen molar-refractivity contribution in [3.63, 3.8) is 0 Å². The van der Waals surface area contributed by atoms with Crippen molar-refractivity contribution in [2.45, 2.75) is 42.6 Å². The van der Waals surface area contributed by atoms with Crippen molar-refractivity contribution in [1.82, 2.24) is 14.4 Å². The highest BCUT2D eigenvalue weighted by Gasteiger charge is 2.33. The van der Waals surface area contributed by atoms with E-state index in [-0.39, 0.29) is 35.1 Å². The molecule has 2 aliphatic rings. The van der Waals surface area contributed by atoms with Gasteiger partial charge in [0.2, 0.25) is 15.8 Å². The van der Waals surface area contributed by atoms with E-state index in [2.05, 4.69) is 5.16 Å². The third-order valence-electron chi connectivity index (χ3n) is 5.73. The van der Waals surface area contributed by atoms with Crippen LogP contribution >= 0.6 is 0 Å². The van der Waals surface area contributed by atoms with Crippen LogP contribution in [0, 0.1) is 5.82 Å². The van der Waals surface area contributed by atoms with E-state index in [1.165, 1.54) is 22.5 Å². The van der Waals surface area contributed by atoms with Gasteiger partial charge in [0.25, 0.3) is 5.91 Å². The molecule has 2 aromatic rings. The Hall–Kier alpha value is -2.30. The normalized spacial score (nSPS) is 21.7. The third-order valence-corrected chi connectivity index (χ3v) is 7.59. The van der Waals surface area contributed by atoms with Gasteiger partial charge in [-0.05, 0) is 43.9 Å². The van der Waals surface area contributed by atoms with Crippen molar-refractivity contribution in [2.75, 3.05) is 26.2 Å². The number of aliphatic hydroxyl groups excluding tert-OH is 1. The number of sulfonamides is 1. The van der Waals surface area contributed by atoms with E-state index in [1.54, 1.807) is 11.0 Å². The van der Waals surface area contributed by atoms with Crippen LogP contribution in [0.1, 0.15) is 47.8 Å². The van der Waals surface area contributed by atoms with Crippen LogP contribution < -0.4 is 0 Å². The Balaban J connectivity index is 1.47.